The first kappa shape index (κ1) is 8.45. The van der Waals surface area contributed by atoms with E-state index in [1.54, 1.807) is 4.68 Å². The summed E-state index contributed by atoms with van der Waals surface area (Å²) in [6.45, 7) is 1.82. The molecule has 0 spiro atoms. The van der Waals surface area contributed by atoms with Crippen molar-refractivity contribution in [2.45, 2.75) is 6.92 Å². The van der Waals surface area contributed by atoms with E-state index in [2.05, 4.69) is 10.3 Å². The molecule has 0 atom stereocenters. The number of hydrogen-bond acceptors (Lipinski definition) is 3. The molecule has 1 aromatic heterocycles. The van der Waals surface area contributed by atoms with Crippen LogP contribution in [0, 0.1) is 11.3 Å². The second-order valence-corrected chi connectivity index (χ2v) is 2.90. The van der Waals surface area contributed by atoms with E-state index >= 15 is 0 Å². The van der Waals surface area contributed by atoms with E-state index in [9.17, 15) is 0 Å². The molecule has 0 amide bonds. The summed E-state index contributed by atoms with van der Waals surface area (Å²) >= 11 is 0. The van der Waals surface area contributed by atoms with Gasteiger partial charge in [-0.3, -0.25) is 0 Å². The SMILES string of the molecule is CC(=CC#N)n1nnc2ccccc21. The van der Waals surface area contributed by atoms with Crippen LogP contribution in [0.1, 0.15) is 6.92 Å². The molecule has 14 heavy (non-hydrogen) atoms. The number of nitrogens with zero attached hydrogens (tertiary/aromatic N) is 4. The number of para-hydroxylation sites is 1. The number of aromatic nitrogens is 3. The Balaban J connectivity index is 2.65. The summed E-state index contributed by atoms with van der Waals surface area (Å²) in [7, 11) is 0. The summed E-state index contributed by atoms with van der Waals surface area (Å²) in [4.78, 5) is 0. The molecular weight excluding hydrogens is 176 g/mol. The molecule has 1 aromatic carbocycles. The number of hydrogen-bond donors (Lipinski definition) is 0. The predicted octanol–water partition coefficient (Wildman–Crippen LogP) is 1.82. The third kappa shape index (κ3) is 1.25. The molecule has 2 rings (SSSR count). The van der Waals surface area contributed by atoms with Crippen LogP contribution in [0.4, 0.5) is 0 Å². The third-order valence-electron chi connectivity index (χ3n) is 1.96. The van der Waals surface area contributed by atoms with Gasteiger partial charge in [-0.15, -0.1) is 5.10 Å². The first-order chi connectivity index (χ1) is 6.83. The lowest BCUT2D eigenvalue weighted by Gasteiger charge is -1.98. The molecule has 0 aliphatic heterocycles. The Kier molecular flexibility index (Phi) is 1.99. The summed E-state index contributed by atoms with van der Waals surface area (Å²) in [6, 6.07) is 9.60. The maximum atomic E-state index is 8.52. The Morgan fingerprint density at radius 3 is 3.07 bits per heavy atom. The molecule has 0 saturated carbocycles. The molecule has 0 bridgehead atoms. The fraction of sp³-hybridized carbons (Fsp3) is 0.100. The number of rotatable bonds is 1. The molecule has 0 radical (unpaired) electrons. The van der Waals surface area contributed by atoms with Crippen molar-refractivity contribution in [1.29, 1.82) is 5.26 Å². The number of nitriles is 1. The van der Waals surface area contributed by atoms with Gasteiger partial charge in [0, 0.05) is 6.08 Å². The summed E-state index contributed by atoms with van der Waals surface area (Å²) in [5.41, 5.74) is 2.51. The Morgan fingerprint density at radius 2 is 2.29 bits per heavy atom. The van der Waals surface area contributed by atoms with Crippen molar-refractivity contribution in [2.75, 3.05) is 0 Å². The monoisotopic (exact) mass is 184 g/mol. The fourth-order valence-corrected chi connectivity index (χ4v) is 1.28. The lowest BCUT2D eigenvalue weighted by atomic mass is 10.3. The zero-order chi connectivity index (χ0) is 9.97. The lowest BCUT2D eigenvalue weighted by Crippen LogP contribution is -1.95. The van der Waals surface area contributed by atoms with Gasteiger partial charge in [0.2, 0.25) is 0 Å². The fourth-order valence-electron chi connectivity index (χ4n) is 1.28. The van der Waals surface area contributed by atoms with Gasteiger partial charge in [-0.1, -0.05) is 17.3 Å². The minimum Gasteiger partial charge on any atom is -0.217 e. The maximum Gasteiger partial charge on any atom is 0.113 e. The van der Waals surface area contributed by atoms with Crippen LogP contribution in [0.2, 0.25) is 0 Å². The van der Waals surface area contributed by atoms with Gasteiger partial charge in [0.15, 0.2) is 0 Å². The first-order valence-electron chi connectivity index (χ1n) is 4.20. The quantitative estimate of drug-likeness (QED) is 0.635. The van der Waals surface area contributed by atoms with Crippen LogP contribution in [0.25, 0.3) is 16.7 Å². The summed E-state index contributed by atoms with van der Waals surface area (Å²) in [5.74, 6) is 0. The molecule has 68 valence electrons. The van der Waals surface area contributed by atoms with Gasteiger partial charge in [-0.05, 0) is 19.1 Å². The van der Waals surface area contributed by atoms with Crippen molar-refractivity contribution in [1.82, 2.24) is 15.0 Å². The number of benzene rings is 1. The van der Waals surface area contributed by atoms with Crippen LogP contribution in [-0.4, -0.2) is 15.0 Å². The second-order valence-electron chi connectivity index (χ2n) is 2.90. The van der Waals surface area contributed by atoms with Crippen molar-refractivity contribution in [3.63, 3.8) is 0 Å². The highest BCUT2D eigenvalue weighted by Gasteiger charge is 2.03. The largest absolute Gasteiger partial charge is 0.217 e. The summed E-state index contributed by atoms with van der Waals surface area (Å²) in [5, 5.41) is 16.5. The van der Waals surface area contributed by atoms with Crippen molar-refractivity contribution in [3.8, 4) is 6.07 Å². The van der Waals surface area contributed by atoms with Crippen molar-refractivity contribution >= 4 is 16.7 Å². The summed E-state index contributed by atoms with van der Waals surface area (Å²) < 4.78 is 1.65. The molecule has 0 fully saturated rings. The molecule has 0 N–H and O–H groups in total. The van der Waals surface area contributed by atoms with Gasteiger partial charge in [-0.2, -0.15) is 5.26 Å². The van der Waals surface area contributed by atoms with Gasteiger partial charge < -0.3 is 0 Å². The van der Waals surface area contributed by atoms with Crippen LogP contribution in [0.5, 0.6) is 0 Å². The van der Waals surface area contributed by atoms with Crippen LogP contribution < -0.4 is 0 Å². The normalized spacial score (nSPS) is 11.6. The zero-order valence-electron chi connectivity index (χ0n) is 7.68. The predicted molar refractivity (Wildman–Crippen MR) is 53.1 cm³/mol. The first-order valence-corrected chi connectivity index (χ1v) is 4.20. The highest BCUT2D eigenvalue weighted by molar-refractivity contribution is 5.77. The minimum absolute atomic E-state index is 0.765. The Bertz CT molecular complexity index is 530. The van der Waals surface area contributed by atoms with E-state index in [1.807, 2.05) is 37.3 Å². The maximum absolute atomic E-state index is 8.52. The average molecular weight is 184 g/mol. The molecule has 4 heteroatoms. The molecule has 0 saturated heterocycles. The van der Waals surface area contributed by atoms with Crippen molar-refractivity contribution in [2.24, 2.45) is 0 Å². The van der Waals surface area contributed by atoms with E-state index in [0.717, 1.165) is 16.7 Å². The van der Waals surface area contributed by atoms with Gasteiger partial charge in [0.05, 0.1) is 17.3 Å². The van der Waals surface area contributed by atoms with Gasteiger partial charge in [0.1, 0.15) is 5.52 Å². The van der Waals surface area contributed by atoms with Crippen LogP contribution >= 0.6 is 0 Å². The Hall–Kier alpha value is -2.15. The molecule has 4 nitrogen and oxygen atoms in total. The molecule has 2 aromatic rings. The van der Waals surface area contributed by atoms with E-state index in [-0.39, 0.29) is 0 Å². The zero-order valence-corrected chi connectivity index (χ0v) is 7.68. The van der Waals surface area contributed by atoms with Gasteiger partial charge >= 0.3 is 0 Å². The van der Waals surface area contributed by atoms with E-state index in [4.69, 9.17) is 5.26 Å². The molecule has 0 aliphatic carbocycles. The van der Waals surface area contributed by atoms with Crippen LogP contribution in [0.3, 0.4) is 0 Å². The van der Waals surface area contributed by atoms with Gasteiger partial charge in [-0.25, -0.2) is 4.68 Å². The standard InChI is InChI=1S/C10H8N4/c1-8(6-7-11)14-10-5-3-2-4-9(10)12-13-14/h2-6H,1H3. The molecule has 1 heterocycles. The summed E-state index contributed by atoms with van der Waals surface area (Å²) in [6.07, 6.45) is 1.45. The van der Waals surface area contributed by atoms with Gasteiger partial charge in [0.25, 0.3) is 0 Å². The Morgan fingerprint density at radius 1 is 1.50 bits per heavy atom. The van der Waals surface area contributed by atoms with E-state index in [0.29, 0.717) is 0 Å². The topological polar surface area (TPSA) is 54.5 Å². The highest BCUT2D eigenvalue weighted by atomic mass is 15.4. The average Bonchev–Trinajstić information content (AvgIpc) is 2.61. The minimum atomic E-state index is 0.765. The van der Waals surface area contributed by atoms with Crippen LogP contribution in [-0.2, 0) is 0 Å². The molecule has 0 unspecified atom stereocenters. The molecule has 0 aliphatic rings. The number of allylic oxidation sites excluding steroid dienone is 2. The van der Waals surface area contributed by atoms with Crippen molar-refractivity contribution < 1.29 is 0 Å². The Labute approximate surface area is 81.1 Å². The van der Waals surface area contributed by atoms with E-state index in [1.165, 1.54) is 6.08 Å². The number of fused-ring (bicyclic) bond motifs is 1. The third-order valence-corrected chi connectivity index (χ3v) is 1.96. The van der Waals surface area contributed by atoms with Crippen LogP contribution in [0.15, 0.2) is 30.3 Å². The lowest BCUT2D eigenvalue weighted by molar-refractivity contribution is 0.835. The highest BCUT2D eigenvalue weighted by Crippen LogP contribution is 2.13. The van der Waals surface area contributed by atoms with Crippen molar-refractivity contribution in [3.05, 3.63) is 30.3 Å². The second kappa shape index (κ2) is 3.30. The molecular formula is C10H8N4. The van der Waals surface area contributed by atoms with E-state index < -0.39 is 0 Å². The smallest absolute Gasteiger partial charge is 0.113 e.